The van der Waals surface area contributed by atoms with Crippen LogP contribution in [-0.4, -0.2) is 12.1 Å². The third kappa shape index (κ3) is 4.38. The van der Waals surface area contributed by atoms with Gasteiger partial charge in [0.05, 0.1) is 0 Å². The molecular weight excluding hydrogens is 200 g/mol. The maximum absolute atomic E-state index is 11.5. The van der Waals surface area contributed by atoms with Crippen LogP contribution in [0.15, 0.2) is 12.7 Å². The lowest BCUT2D eigenvalue weighted by molar-refractivity contribution is -0.152. The summed E-state index contributed by atoms with van der Waals surface area (Å²) < 4.78 is 5.56. The summed E-state index contributed by atoms with van der Waals surface area (Å²) in [4.78, 5) is 11.5. The van der Waals surface area contributed by atoms with Gasteiger partial charge in [-0.15, -0.1) is 6.58 Å². The quantitative estimate of drug-likeness (QED) is 0.506. The molecule has 1 fully saturated rings. The summed E-state index contributed by atoms with van der Waals surface area (Å²) in [7, 11) is 0. The third-order valence-corrected chi connectivity index (χ3v) is 3.31. The molecule has 0 aromatic rings. The molecule has 0 aromatic carbocycles. The fourth-order valence-electron chi connectivity index (χ4n) is 2.44. The molecule has 1 saturated carbocycles. The van der Waals surface area contributed by atoms with Gasteiger partial charge in [0.1, 0.15) is 6.10 Å². The second-order valence-corrected chi connectivity index (χ2v) is 4.70. The summed E-state index contributed by atoms with van der Waals surface area (Å²) in [6.45, 7) is 5.76. The van der Waals surface area contributed by atoms with Crippen molar-refractivity contribution in [3.8, 4) is 0 Å². The minimum Gasteiger partial charge on any atom is -0.462 e. The van der Waals surface area contributed by atoms with Gasteiger partial charge in [-0.25, -0.2) is 0 Å². The lowest BCUT2D eigenvalue weighted by Gasteiger charge is -2.29. The fourth-order valence-corrected chi connectivity index (χ4v) is 2.44. The molecule has 0 unspecified atom stereocenters. The van der Waals surface area contributed by atoms with Crippen LogP contribution in [0.2, 0.25) is 0 Å². The molecule has 0 aromatic heterocycles. The van der Waals surface area contributed by atoms with Crippen molar-refractivity contribution >= 4 is 5.97 Å². The maximum atomic E-state index is 11.5. The van der Waals surface area contributed by atoms with Crippen molar-refractivity contribution in [2.24, 2.45) is 5.92 Å². The summed E-state index contributed by atoms with van der Waals surface area (Å²) in [5.74, 6) is 0.521. The van der Waals surface area contributed by atoms with E-state index in [1.54, 1.807) is 0 Å². The molecule has 1 rings (SSSR count). The largest absolute Gasteiger partial charge is 0.462 e. The Morgan fingerprint density at radius 1 is 1.44 bits per heavy atom. The first-order chi connectivity index (χ1) is 7.77. The van der Waals surface area contributed by atoms with Crippen LogP contribution in [-0.2, 0) is 9.53 Å². The van der Waals surface area contributed by atoms with E-state index in [1.165, 1.54) is 32.1 Å². The first kappa shape index (κ1) is 13.3. The van der Waals surface area contributed by atoms with Gasteiger partial charge in [-0.2, -0.15) is 0 Å². The highest BCUT2D eigenvalue weighted by Crippen LogP contribution is 2.29. The Morgan fingerprint density at radius 2 is 2.12 bits per heavy atom. The van der Waals surface area contributed by atoms with Crippen LogP contribution in [0.3, 0.4) is 0 Å². The van der Waals surface area contributed by atoms with E-state index in [-0.39, 0.29) is 12.1 Å². The third-order valence-electron chi connectivity index (χ3n) is 3.31. The van der Waals surface area contributed by atoms with Gasteiger partial charge in [0.2, 0.25) is 0 Å². The van der Waals surface area contributed by atoms with Gasteiger partial charge in [-0.3, -0.25) is 4.79 Å². The van der Waals surface area contributed by atoms with E-state index in [9.17, 15) is 4.79 Å². The van der Waals surface area contributed by atoms with Crippen LogP contribution < -0.4 is 0 Å². The normalized spacial score (nSPS) is 19.1. The van der Waals surface area contributed by atoms with E-state index in [1.807, 2.05) is 13.0 Å². The molecule has 0 amide bonds. The molecule has 92 valence electrons. The summed E-state index contributed by atoms with van der Waals surface area (Å²) in [6.07, 6.45) is 10.5. The molecule has 1 atom stereocenters. The number of carbonyl (C=O) groups is 1. The number of ether oxygens (including phenoxy) is 1. The lowest BCUT2D eigenvalue weighted by atomic mass is 9.84. The van der Waals surface area contributed by atoms with Crippen LogP contribution in [0, 0.1) is 5.92 Å². The van der Waals surface area contributed by atoms with Crippen LogP contribution in [0.4, 0.5) is 0 Å². The Bertz CT molecular complexity index is 217. The second-order valence-electron chi connectivity index (χ2n) is 4.70. The summed E-state index contributed by atoms with van der Waals surface area (Å²) in [6, 6.07) is 0. The van der Waals surface area contributed by atoms with Crippen molar-refractivity contribution in [3.05, 3.63) is 12.7 Å². The van der Waals surface area contributed by atoms with Gasteiger partial charge in [-0.05, 0) is 25.2 Å². The van der Waals surface area contributed by atoms with Gasteiger partial charge < -0.3 is 4.74 Å². The number of rotatable bonds is 6. The first-order valence-electron chi connectivity index (χ1n) is 6.58. The van der Waals surface area contributed by atoms with Crippen molar-refractivity contribution in [1.29, 1.82) is 0 Å². The minimum absolute atomic E-state index is 0.0417. The topological polar surface area (TPSA) is 26.3 Å². The highest BCUT2D eigenvalue weighted by molar-refractivity contribution is 5.69. The molecule has 0 saturated heterocycles. The highest BCUT2D eigenvalue weighted by Gasteiger charge is 2.25. The molecule has 1 aliphatic carbocycles. The Morgan fingerprint density at radius 3 is 2.69 bits per heavy atom. The standard InChI is InChI=1S/C14H24O2/c1-3-8-13(16-14(15)9-4-2)12-10-6-5-7-11-12/h3,12-13H,1,4-11H2,2H3/t13-/m1/s1. The minimum atomic E-state index is -0.0417. The number of hydrogen-bond donors (Lipinski definition) is 0. The monoisotopic (exact) mass is 224 g/mol. The van der Waals surface area contributed by atoms with Crippen molar-refractivity contribution in [2.75, 3.05) is 0 Å². The van der Waals surface area contributed by atoms with E-state index in [0.717, 1.165) is 12.8 Å². The Kier molecular flexibility index (Phi) is 6.20. The lowest BCUT2D eigenvalue weighted by Crippen LogP contribution is -2.28. The van der Waals surface area contributed by atoms with Gasteiger partial charge >= 0.3 is 5.97 Å². The molecule has 2 nitrogen and oxygen atoms in total. The smallest absolute Gasteiger partial charge is 0.306 e. The molecule has 0 bridgehead atoms. The number of esters is 1. The van der Waals surface area contributed by atoms with Crippen LogP contribution in [0.25, 0.3) is 0 Å². The van der Waals surface area contributed by atoms with Gasteiger partial charge in [-0.1, -0.05) is 32.3 Å². The fraction of sp³-hybridized carbons (Fsp3) is 0.786. The zero-order chi connectivity index (χ0) is 11.8. The van der Waals surface area contributed by atoms with Gasteiger partial charge in [0.15, 0.2) is 0 Å². The molecule has 1 aliphatic rings. The first-order valence-corrected chi connectivity index (χ1v) is 6.58. The molecule has 0 radical (unpaired) electrons. The van der Waals surface area contributed by atoms with E-state index >= 15 is 0 Å². The highest BCUT2D eigenvalue weighted by atomic mass is 16.5. The van der Waals surface area contributed by atoms with Crippen molar-refractivity contribution in [2.45, 2.75) is 64.4 Å². The average Bonchev–Trinajstić information content (AvgIpc) is 2.30. The molecule has 0 aliphatic heterocycles. The number of hydrogen-bond acceptors (Lipinski definition) is 2. The van der Waals surface area contributed by atoms with Crippen molar-refractivity contribution in [1.82, 2.24) is 0 Å². The van der Waals surface area contributed by atoms with Gasteiger partial charge in [0.25, 0.3) is 0 Å². The van der Waals surface area contributed by atoms with Crippen LogP contribution in [0.5, 0.6) is 0 Å². The van der Waals surface area contributed by atoms with Crippen LogP contribution >= 0.6 is 0 Å². The maximum Gasteiger partial charge on any atom is 0.306 e. The predicted octanol–water partition coefficient (Wildman–Crippen LogP) is 3.85. The summed E-state index contributed by atoms with van der Waals surface area (Å²) in [5, 5.41) is 0. The molecule has 2 heteroatoms. The van der Waals surface area contributed by atoms with E-state index < -0.39 is 0 Å². The Labute approximate surface area is 99.1 Å². The van der Waals surface area contributed by atoms with Crippen molar-refractivity contribution < 1.29 is 9.53 Å². The van der Waals surface area contributed by atoms with Crippen LogP contribution in [0.1, 0.15) is 58.3 Å². The van der Waals surface area contributed by atoms with Gasteiger partial charge in [0, 0.05) is 12.8 Å². The zero-order valence-electron chi connectivity index (χ0n) is 10.4. The van der Waals surface area contributed by atoms with E-state index in [0.29, 0.717) is 12.3 Å². The Hall–Kier alpha value is -0.790. The molecular formula is C14H24O2. The molecule has 0 spiro atoms. The van der Waals surface area contributed by atoms with E-state index in [4.69, 9.17) is 4.74 Å². The molecule has 16 heavy (non-hydrogen) atoms. The zero-order valence-corrected chi connectivity index (χ0v) is 10.4. The number of carbonyl (C=O) groups excluding carboxylic acids is 1. The SMILES string of the molecule is C=CC[C@@H](OC(=O)CCC)C1CCCCC1. The summed E-state index contributed by atoms with van der Waals surface area (Å²) in [5.41, 5.74) is 0. The molecule has 0 N–H and O–H groups in total. The van der Waals surface area contributed by atoms with E-state index in [2.05, 4.69) is 6.58 Å². The predicted molar refractivity (Wildman–Crippen MR) is 66.2 cm³/mol. The molecule has 0 heterocycles. The van der Waals surface area contributed by atoms with Crippen molar-refractivity contribution in [3.63, 3.8) is 0 Å². The second kappa shape index (κ2) is 7.48. The average molecular weight is 224 g/mol. The Balaban J connectivity index is 2.44. The summed E-state index contributed by atoms with van der Waals surface area (Å²) >= 11 is 0.